The Hall–Kier alpha value is -1.47. The molecule has 0 aliphatic carbocycles. The fourth-order valence-corrected chi connectivity index (χ4v) is 4.61. The van der Waals surface area contributed by atoms with E-state index in [0.29, 0.717) is 6.04 Å². The summed E-state index contributed by atoms with van der Waals surface area (Å²) < 4.78 is 4.90. The average molecular weight is 404 g/mol. The lowest BCUT2D eigenvalue weighted by Gasteiger charge is -2.41. The van der Waals surface area contributed by atoms with Crippen molar-refractivity contribution in [1.82, 2.24) is 15.1 Å². The predicted octanol–water partition coefficient (Wildman–Crippen LogP) is 1.79. The van der Waals surface area contributed by atoms with Gasteiger partial charge in [-0.15, -0.1) is 0 Å². The van der Waals surface area contributed by atoms with Gasteiger partial charge in [-0.1, -0.05) is 24.3 Å². The molecule has 6 nitrogen and oxygen atoms in total. The molecule has 0 spiro atoms. The monoisotopic (exact) mass is 403 g/mol. The maximum absolute atomic E-state index is 12.3. The molecular formula is C23H37N3O3. The molecule has 2 saturated heterocycles. The first-order valence-corrected chi connectivity index (χ1v) is 11.0. The fraction of sp³-hybridized carbons (Fsp3) is 0.696. The fourth-order valence-electron chi connectivity index (χ4n) is 4.61. The largest absolute Gasteiger partial charge is 0.389 e. The summed E-state index contributed by atoms with van der Waals surface area (Å²) in [7, 11) is 1.55. The third-order valence-electron chi connectivity index (χ3n) is 6.50. The van der Waals surface area contributed by atoms with Crippen LogP contribution in [-0.2, 0) is 16.1 Å². The second-order valence-corrected chi connectivity index (χ2v) is 8.60. The van der Waals surface area contributed by atoms with Gasteiger partial charge in [0.15, 0.2) is 0 Å². The number of amides is 1. The first-order chi connectivity index (χ1) is 14.1. The van der Waals surface area contributed by atoms with E-state index in [-0.39, 0.29) is 25.0 Å². The number of nitrogens with one attached hydrogen (secondary N) is 1. The number of hydrogen-bond donors (Lipinski definition) is 2. The summed E-state index contributed by atoms with van der Waals surface area (Å²) >= 11 is 0. The van der Waals surface area contributed by atoms with Crippen molar-refractivity contribution in [2.45, 2.75) is 51.3 Å². The van der Waals surface area contributed by atoms with Gasteiger partial charge < -0.3 is 20.1 Å². The Bertz CT molecular complexity index is 638. The van der Waals surface area contributed by atoms with Gasteiger partial charge in [-0.2, -0.15) is 0 Å². The first kappa shape index (κ1) is 22.2. The van der Waals surface area contributed by atoms with Crippen LogP contribution in [0, 0.1) is 12.8 Å². The number of piperidine rings is 2. The van der Waals surface area contributed by atoms with Crippen LogP contribution in [0.4, 0.5) is 0 Å². The minimum atomic E-state index is -0.631. The summed E-state index contributed by atoms with van der Waals surface area (Å²) in [6.45, 7) is 8.07. The smallest absolute Gasteiger partial charge is 0.223 e. The molecule has 0 bridgehead atoms. The number of rotatable bonds is 8. The number of aryl methyl sites for hydroxylation is 1. The Morgan fingerprint density at radius 3 is 2.52 bits per heavy atom. The van der Waals surface area contributed by atoms with Crippen molar-refractivity contribution in [2.75, 3.05) is 46.4 Å². The summed E-state index contributed by atoms with van der Waals surface area (Å²) in [5, 5.41) is 12.6. The van der Waals surface area contributed by atoms with Crippen LogP contribution in [0.5, 0.6) is 0 Å². The van der Waals surface area contributed by atoms with Gasteiger partial charge in [-0.25, -0.2) is 0 Å². The molecule has 2 N–H and O–H groups in total. The molecule has 1 aromatic rings. The average Bonchev–Trinajstić information content (AvgIpc) is 2.74. The number of aliphatic hydroxyl groups excluding tert-OH is 1. The normalized spacial score (nSPS) is 21.2. The molecule has 2 aliphatic rings. The lowest BCUT2D eigenvalue weighted by Crippen LogP contribution is -2.49. The molecule has 2 heterocycles. The van der Waals surface area contributed by atoms with E-state index in [1.165, 1.54) is 24.0 Å². The number of hydrogen-bond acceptors (Lipinski definition) is 5. The molecule has 6 heteroatoms. The maximum Gasteiger partial charge on any atom is 0.223 e. The summed E-state index contributed by atoms with van der Waals surface area (Å²) in [5.41, 5.74) is 2.82. The molecule has 1 aromatic carbocycles. The van der Waals surface area contributed by atoms with Crippen molar-refractivity contribution in [3.8, 4) is 0 Å². The zero-order valence-corrected chi connectivity index (χ0v) is 18.0. The van der Waals surface area contributed by atoms with Crippen molar-refractivity contribution < 1.29 is 14.6 Å². The van der Waals surface area contributed by atoms with Crippen molar-refractivity contribution in [2.24, 2.45) is 5.92 Å². The van der Waals surface area contributed by atoms with E-state index >= 15 is 0 Å². The lowest BCUT2D eigenvalue weighted by atomic mass is 9.92. The van der Waals surface area contributed by atoms with Crippen molar-refractivity contribution in [3.63, 3.8) is 0 Å². The standard InChI is InChI=1S/C23H37N3O3/c1-18-5-3-4-6-20(18)16-25-11-9-21(10-12-25)26-13-7-19(8-14-26)23(28)24-15-22(27)17-29-2/h3-6,19,21-22,27H,7-17H2,1-2H3,(H,24,28). The van der Waals surface area contributed by atoms with Crippen molar-refractivity contribution >= 4 is 5.91 Å². The third kappa shape index (κ3) is 6.51. The van der Waals surface area contributed by atoms with Crippen molar-refractivity contribution in [1.29, 1.82) is 0 Å². The number of nitrogens with zero attached hydrogens (tertiary/aromatic N) is 2. The van der Waals surface area contributed by atoms with Crippen LogP contribution in [-0.4, -0.2) is 79.4 Å². The minimum absolute atomic E-state index is 0.0714. The Morgan fingerprint density at radius 2 is 1.86 bits per heavy atom. The Labute approximate surface area is 175 Å². The Balaban J connectivity index is 1.36. The predicted molar refractivity (Wildman–Crippen MR) is 115 cm³/mol. The van der Waals surface area contributed by atoms with Gasteiger partial charge in [0, 0.05) is 32.2 Å². The topological polar surface area (TPSA) is 65.0 Å². The van der Waals surface area contributed by atoms with Gasteiger partial charge in [-0.05, 0) is 69.9 Å². The maximum atomic E-state index is 12.3. The highest BCUT2D eigenvalue weighted by atomic mass is 16.5. The molecule has 1 amide bonds. The van der Waals surface area contributed by atoms with E-state index in [1.807, 2.05) is 0 Å². The summed E-state index contributed by atoms with van der Waals surface area (Å²) in [6.07, 6.45) is 3.62. The molecule has 0 saturated carbocycles. The lowest BCUT2D eigenvalue weighted by molar-refractivity contribution is -0.127. The SMILES string of the molecule is COCC(O)CNC(=O)C1CCN(C2CCN(Cc3ccccc3C)CC2)CC1. The number of benzene rings is 1. The van der Waals surface area contributed by atoms with E-state index < -0.39 is 6.10 Å². The van der Waals surface area contributed by atoms with Gasteiger partial charge in [0.25, 0.3) is 0 Å². The molecule has 3 rings (SSSR count). The van der Waals surface area contributed by atoms with Crippen LogP contribution in [0.3, 0.4) is 0 Å². The van der Waals surface area contributed by atoms with E-state index in [9.17, 15) is 9.90 Å². The first-order valence-electron chi connectivity index (χ1n) is 11.0. The second-order valence-electron chi connectivity index (χ2n) is 8.60. The number of carbonyl (C=O) groups excluding carboxylic acids is 1. The highest BCUT2D eigenvalue weighted by Gasteiger charge is 2.30. The molecule has 1 atom stereocenters. The molecule has 2 aliphatic heterocycles. The number of aliphatic hydroxyl groups is 1. The number of likely N-dealkylation sites (tertiary alicyclic amines) is 2. The Kier molecular flexibility index (Phi) is 8.48. The van der Waals surface area contributed by atoms with Crippen LogP contribution < -0.4 is 5.32 Å². The van der Waals surface area contributed by atoms with Gasteiger partial charge in [0.05, 0.1) is 12.7 Å². The van der Waals surface area contributed by atoms with Gasteiger partial charge in [-0.3, -0.25) is 9.69 Å². The third-order valence-corrected chi connectivity index (χ3v) is 6.50. The number of ether oxygens (including phenoxy) is 1. The van der Waals surface area contributed by atoms with Crippen molar-refractivity contribution in [3.05, 3.63) is 35.4 Å². The van der Waals surface area contributed by atoms with E-state index in [4.69, 9.17) is 4.74 Å². The zero-order valence-electron chi connectivity index (χ0n) is 18.0. The van der Waals surface area contributed by atoms with Gasteiger partial charge in [0.1, 0.15) is 0 Å². The van der Waals surface area contributed by atoms with E-state index in [2.05, 4.69) is 46.3 Å². The molecule has 0 aromatic heterocycles. The van der Waals surface area contributed by atoms with E-state index in [1.54, 1.807) is 7.11 Å². The Morgan fingerprint density at radius 1 is 1.17 bits per heavy atom. The number of carbonyl (C=O) groups is 1. The molecule has 162 valence electrons. The quantitative estimate of drug-likeness (QED) is 0.693. The van der Waals surface area contributed by atoms with Crippen LogP contribution in [0.25, 0.3) is 0 Å². The second kappa shape index (κ2) is 11.1. The minimum Gasteiger partial charge on any atom is -0.389 e. The number of methoxy groups -OCH3 is 1. The van der Waals surface area contributed by atoms with Gasteiger partial charge >= 0.3 is 0 Å². The zero-order chi connectivity index (χ0) is 20.6. The van der Waals surface area contributed by atoms with Crippen LogP contribution >= 0.6 is 0 Å². The molecule has 2 fully saturated rings. The van der Waals surface area contributed by atoms with Crippen LogP contribution in [0.15, 0.2) is 24.3 Å². The molecule has 29 heavy (non-hydrogen) atoms. The summed E-state index contributed by atoms with van der Waals surface area (Å²) in [4.78, 5) is 17.5. The molecule has 0 radical (unpaired) electrons. The summed E-state index contributed by atoms with van der Waals surface area (Å²) in [5.74, 6) is 0.148. The van der Waals surface area contributed by atoms with Crippen LogP contribution in [0.1, 0.15) is 36.8 Å². The summed E-state index contributed by atoms with van der Waals surface area (Å²) in [6, 6.07) is 9.33. The highest BCUT2D eigenvalue weighted by Crippen LogP contribution is 2.25. The highest BCUT2D eigenvalue weighted by molar-refractivity contribution is 5.78. The van der Waals surface area contributed by atoms with Crippen LogP contribution in [0.2, 0.25) is 0 Å². The van der Waals surface area contributed by atoms with Gasteiger partial charge in [0.2, 0.25) is 5.91 Å². The molecular weight excluding hydrogens is 366 g/mol. The molecule has 1 unspecified atom stereocenters. The van der Waals surface area contributed by atoms with E-state index in [0.717, 1.165) is 45.6 Å².